The number of anilines is 1. The number of nitrogens with one attached hydrogen (secondary N) is 1. The minimum atomic E-state index is 0.281. The smallest absolute Gasteiger partial charge is 0.145 e. The Hall–Kier alpha value is -1.72. The van der Waals surface area contributed by atoms with Crippen molar-refractivity contribution in [3.05, 3.63) is 30.5 Å². The van der Waals surface area contributed by atoms with E-state index in [2.05, 4.69) is 20.2 Å². The van der Waals surface area contributed by atoms with Crippen molar-refractivity contribution in [1.29, 1.82) is 0 Å². The maximum atomic E-state index is 9.42. The van der Waals surface area contributed by atoms with Crippen LogP contribution in [0.5, 0.6) is 0 Å². The molecule has 5 heteroatoms. The number of aliphatic hydroxyl groups is 1. The third-order valence-electron chi connectivity index (χ3n) is 4.34. The highest BCUT2D eigenvalue weighted by atomic mass is 16.3. The van der Waals surface area contributed by atoms with Crippen LogP contribution in [0.2, 0.25) is 0 Å². The molecule has 0 unspecified atom stereocenters. The molecule has 118 valence electrons. The average molecular weight is 300 g/mol. The summed E-state index contributed by atoms with van der Waals surface area (Å²) in [5.74, 6) is 0.830. The summed E-state index contributed by atoms with van der Waals surface area (Å²) in [6.45, 7) is 3.30. The minimum absolute atomic E-state index is 0.281. The Morgan fingerprint density at radius 3 is 2.95 bits per heavy atom. The van der Waals surface area contributed by atoms with E-state index in [1.54, 1.807) is 6.20 Å². The van der Waals surface area contributed by atoms with E-state index in [1.165, 1.54) is 12.8 Å². The fourth-order valence-electron chi connectivity index (χ4n) is 3.10. The van der Waals surface area contributed by atoms with Crippen molar-refractivity contribution in [2.75, 3.05) is 31.6 Å². The Balaban J connectivity index is 1.47. The maximum Gasteiger partial charge on any atom is 0.145 e. The van der Waals surface area contributed by atoms with E-state index in [-0.39, 0.29) is 6.61 Å². The van der Waals surface area contributed by atoms with Gasteiger partial charge in [0, 0.05) is 19.1 Å². The largest absolute Gasteiger partial charge is 0.395 e. The summed E-state index contributed by atoms with van der Waals surface area (Å²) in [4.78, 5) is 11.4. The molecular weight excluding hydrogens is 276 g/mol. The number of aromatic nitrogens is 2. The third kappa shape index (κ3) is 3.72. The topological polar surface area (TPSA) is 61.3 Å². The summed E-state index contributed by atoms with van der Waals surface area (Å²) in [6.07, 6.45) is 6.46. The number of likely N-dealkylation sites (tertiary alicyclic amines) is 1. The first-order valence-corrected chi connectivity index (χ1v) is 8.17. The first kappa shape index (κ1) is 15.2. The van der Waals surface area contributed by atoms with Gasteiger partial charge in [0.1, 0.15) is 5.82 Å². The predicted molar refractivity (Wildman–Crippen MR) is 88.9 cm³/mol. The van der Waals surface area contributed by atoms with E-state index >= 15 is 0 Å². The first-order chi connectivity index (χ1) is 10.9. The summed E-state index contributed by atoms with van der Waals surface area (Å²) in [6, 6.07) is 8.26. The van der Waals surface area contributed by atoms with E-state index in [0.717, 1.165) is 49.3 Å². The van der Waals surface area contributed by atoms with Crippen LogP contribution in [-0.2, 0) is 0 Å². The van der Waals surface area contributed by atoms with Crippen LogP contribution in [0, 0.1) is 0 Å². The number of hydrogen-bond donors (Lipinski definition) is 2. The number of hydrogen-bond acceptors (Lipinski definition) is 5. The molecule has 2 aromatic rings. The predicted octanol–water partition coefficient (Wildman–Crippen LogP) is 2.28. The standard InChI is InChI=1S/C17H24N4O/c22-13-14-6-3-4-10-21(14)11-5-9-18-17-12-19-15-7-1-2-8-16(15)20-17/h1-2,7-8,12,14,22H,3-6,9-11,13H2,(H,18,20)/t14-/m0/s1. The normalized spacial score (nSPS) is 19.4. The van der Waals surface area contributed by atoms with Gasteiger partial charge in [0.2, 0.25) is 0 Å². The second kappa shape index (κ2) is 7.51. The molecule has 1 aromatic heterocycles. The molecule has 0 saturated carbocycles. The van der Waals surface area contributed by atoms with Gasteiger partial charge >= 0.3 is 0 Å². The Bertz CT molecular complexity index is 604. The zero-order chi connectivity index (χ0) is 15.2. The lowest BCUT2D eigenvalue weighted by Gasteiger charge is -2.34. The van der Waals surface area contributed by atoms with Crippen LogP contribution in [0.15, 0.2) is 30.5 Å². The number of fused-ring (bicyclic) bond motifs is 1. The van der Waals surface area contributed by atoms with E-state index in [4.69, 9.17) is 0 Å². The van der Waals surface area contributed by atoms with Crippen LogP contribution in [0.4, 0.5) is 5.82 Å². The second-order valence-electron chi connectivity index (χ2n) is 5.89. The van der Waals surface area contributed by atoms with Gasteiger partial charge in [-0.25, -0.2) is 4.98 Å². The molecule has 5 nitrogen and oxygen atoms in total. The molecule has 1 atom stereocenters. The summed E-state index contributed by atoms with van der Waals surface area (Å²) in [5, 5.41) is 12.8. The van der Waals surface area contributed by atoms with Gasteiger partial charge < -0.3 is 10.4 Å². The zero-order valence-electron chi connectivity index (χ0n) is 12.9. The van der Waals surface area contributed by atoms with Gasteiger partial charge in [0.05, 0.1) is 23.8 Å². The molecule has 2 N–H and O–H groups in total. The van der Waals surface area contributed by atoms with Crippen LogP contribution in [0.25, 0.3) is 11.0 Å². The molecule has 1 saturated heterocycles. The SMILES string of the molecule is OC[C@@H]1CCCCN1CCCNc1cnc2ccccc2n1. The Morgan fingerprint density at radius 1 is 1.23 bits per heavy atom. The van der Waals surface area contributed by atoms with Crippen molar-refractivity contribution in [2.45, 2.75) is 31.7 Å². The van der Waals surface area contributed by atoms with Gasteiger partial charge in [-0.3, -0.25) is 9.88 Å². The van der Waals surface area contributed by atoms with Gasteiger partial charge in [0.25, 0.3) is 0 Å². The van der Waals surface area contributed by atoms with E-state index in [0.29, 0.717) is 6.04 Å². The molecule has 0 amide bonds. The summed E-state index contributed by atoms with van der Waals surface area (Å²) < 4.78 is 0. The molecule has 0 bridgehead atoms. The highest BCUT2D eigenvalue weighted by Gasteiger charge is 2.20. The molecule has 0 aliphatic carbocycles. The van der Waals surface area contributed by atoms with Crippen molar-refractivity contribution < 1.29 is 5.11 Å². The average Bonchev–Trinajstić information content (AvgIpc) is 2.59. The fourth-order valence-corrected chi connectivity index (χ4v) is 3.10. The number of nitrogens with zero attached hydrogens (tertiary/aromatic N) is 3. The van der Waals surface area contributed by atoms with Crippen molar-refractivity contribution in [1.82, 2.24) is 14.9 Å². The highest BCUT2D eigenvalue weighted by Crippen LogP contribution is 2.16. The van der Waals surface area contributed by atoms with Gasteiger partial charge in [0.15, 0.2) is 0 Å². The number of rotatable bonds is 6. The quantitative estimate of drug-likeness (QED) is 0.802. The molecular formula is C17H24N4O. The van der Waals surface area contributed by atoms with Crippen LogP contribution in [0.1, 0.15) is 25.7 Å². The number of piperidine rings is 1. The van der Waals surface area contributed by atoms with Gasteiger partial charge in [-0.05, 0) is 37.9 Å². The number of para-hydroxylation sites is 2. The Morgan fingerprint density at radius 2 is 2.09 bits per heavy atom. The Labute approximate surface area is 131 Å². The summed E-state index contributed by atoms with van der Waals surface area (Å²) >= 11 is 0. The molecule has 22 heavy (non-hydrogen) atoms. The van der Waals surface area contributed by atoms with Gasteiger partial charge in [-0.1, -0.05) is 18.6 Å². The van der Waals surface area contributed by atoms with Crippen LogP contribution in [0.3, 0.4) is 0 Å². The molecule has 2 heterocycles. The molecule has 1 aliphatic heterocycles. The zero-order valence-corrected chi connectivity index (χ0v) is 12.9. The minimum Gasteiger partial charge on any atom is -0.395 e. The van der Waals surface area contributed by atoms with Crippen molar-refractivity contribution in [3.8, 4) is 0 Å². The van der Waals surface area contributed by atoms with Gasteiger partial charge in [-0.2, -0.15) is 0 Å². The van der Waals surface area contributed by atoms with Crippen LogP contribution < -0.4 is 5.32 Å². The van der Waals surface area contributed by atoms with Crippen molar-refractivity contribution >= 4 is 16.9 Å². The lowest BCUT2D eigenvalue weighted by atomic mass is 10.0. The summed E-state index contributed by atoms with van der Waals surface area (Å²) in [5.41, 5.74) is 1.84. The van der Waals surface area contributed by atoms with Crippen molar-refractivity contribution in [2.24, 2.45) is 0 Å². The van der Waals surface area contributed by atoms with E-state index < -0.39 is 0 Å². The van der Waals surface area contributed by atoms with Crippen LogP contribution in [-0.4, -0.2) is 52.3 Å². The molecule has 3 rings (SSSR count). The lowest BCUT2D eigenvalue weighted by molar-refractivity contribution is 0.0901. The highest BCUT2D eigenvalue weighted by molar-refractivity contribution is 5.75. The fraction of sp³-hybridized carbons (Fsp3) is 0.529. The summed E-state index contributed by atoms with van der Waals surface area (Å²) in [7, 11) is 0. The Kier molecular flexibility index (Phi) is 5.19. The van der Waals surface area contributed by atoms with Crippen LogP contribution >= 0.6 is 0 Å². The van der Waals surface area contributed by atoms with E-state index in [1.807, 2.05) is 24.3 Å². The molecule has 0 radical (unpaired) electrons. The monoisotopic (exact) mass is 300 g/mol. The van der Waals surface area contributed by atoms with Crippen molar-refractivity contribution in [3.63, 3.8) is 0 Å². The lowest BCUT2D eigenvalue weighted by Crippen LogP contribution is -2.42. The maximum absolute atomic E-state index is 9.42. The molecule has 1 aromatic carbocycles. The third-order valence-corrected chi connectivity index (χ3v) is 4.34. The molecule has 1 fully saturated rings. The molecule has 0 spiro atoms. The van der Waals surface area contributed by atoms with E-state index in [9.17, 15) is 5.11 Å². The second-order valence-corrected chi connectivity index (χ2v) is 5.89. The number of aliphatic hydroxyl groups excluding tert-OH is 1. The molecule has 1 aliphatic rings. The first-order valence-electron chi connectivity index (χ1n) is 8.17. The number of benzene rings is 1. The van der Waals surface area contributed by atoms with Gasteiger partial charge in [-0.15, -0.1) is 0 Å².